The van der Waals surface area contributed by atoms with Gasteiger partial charge >= 0.3 is 6.18 Å². The van der Waals surface area contributed by atoms with Crippen molar-refractivity contribution in [2.45, 2.75) is 26.1 Å². The first-order valence-corrected chi connectivity index (χ1v) is 6.06. The van der Waals surface area contributed by atoms with Crippen LogP contribution in [0.5, 0.6) is 0 Å². The van der Waals surface area contributed by atoms with Gasteiger partial charge in [0.15, 0.2) is 0 Å². The Kier molecular flexibility index (Phi) is 5.04. The van der Waals surface area contributed by atoms with E-state index in [0.717, 1.165) is 12.3 Å². The van der Waals surface area contributed by atoms with Gasteiger partial charge in [-0.15, -0.1) is 0 Å². The van der Waals surface area contributed by atoms with E-state index < -0.39 is 24.7 Å². The van der Waals surface area contributed by atoms with Gasteiger partial charge in [-0.1, -0.05) is 23.2 Å². The number of alkyl halides is 3. The molecule has 0 aliphatic carbocycles. The average molecular weight is 315 g/mol. The van der Waals surface area contributed by atoms with Gasteiger partial charge in [-0.2, -0.15) is 13.2 Å². The molecule has 1 aromatic rings. The second-order valence-corrected chi connectivity index (χ2v) is 4.92. The third-order valence-electron chi connectivity index (χ3n) is 2.29. The topological polar surface area (TPSA) is 33.2 Å². The summed E-state index contributed by atoms with van der Waals surface area (Å²) < 4.78 is 37.4. The van der Waals surface area contributed by atoms with E-state index in [-0.39, 0.29) is 15.7 Å². The molecular formula is C11H11Cl2F3N2O. The lowest BCUT2D eigenvalue weighted by molar-refractivity contribution is -0.143. The number of hydrogen-bond acceptors (Lipinski definition) is 2. The summed E-state index contributed by atoms with van der Waals surface area (Å²) in [5.41, 5.74) is -0.0976. The van der Waals surface area contributed by atoms with Crippen molar-refractivity contribution in [3.63, 3.8) is 0 Å². The highest BCUT2D eigenvalue weighted by Gasteiger charge is 2.35. The van der Waals surface area contributed by atoms with Crippen LogP contribution < -0.4 is 0 Å². The summed E-state index contributed by atoms with van der Waals surface area (Å²) >= 11 is 11.4. The highest BCUT2D eigenvalue weighted by Crippen LogP contribution is 2.24. The molecule has 0 saturated heterocycles. The van der Waals surface area contributed by atoms with Crippen LogP contribution in [0.4, 0.5) is 13.2 Å². The zero-order valence-corrected chi connectivity index (χ0v) is 11.6. The quantitative estimate of drug-likeness (QED) is 0.795. The van der Waals surface area contributed by atoms with Crippen molar-refractivity contribution < 1.29 is 18.0 Å². The summed E-state index contributed by atoms with van der Waals surface area (Å²) in [7, 11) is 0. The van der Waals surface area contributed by atoms with E-state index in [4.69, 9.17) is 23.2 Å². The number of pyridine rings is 1. The number of aromatic nitrogens is 1. The summed E-state index contributed by atoms with van der Waals surface area (Å²) in [5, 5.41) is -0.0503. The molecule has 0 N–H and O–H groups in total. The predicted octanol–water partition coefficient (Wildman–Crippen LogP) is 3.80. The molecule has 0 atom stereocenters. The molecule has 0 saturated carbocycles. The lowest BCUT2D eigenvalue weighted by Gasteiger charge is -2.28. The van der Waals surface area contributed by atoms with Crippen molar-refractivity contribution in [3.05, 3.63) is 28.0 Å². The van der Waals surface area contributed by atoms with Gasteiger partial charge in [-0.3, -0.25) is 4.79 Å². The Morgan fingerprint density at radius 1 is 1.42 bits per heavy atom. The van der Waals surface area contributed by atoms with Crippen molar-refractivity contribution in [3.8, 4) is 0 Å². The molecule has 3 nitrogen and oxygen atoms in total. The fourth-order valence-corrected chi connectivity index (χ4v) is 1.76. The number of amides is 1. The third-order valence-corrected chi connectivity index (χ3v) is 2.79. The van der Waals surface area contributed by atoms with E-state index >= 15 is 0 Å². The summed E-state index contributed by atoms with van der Waals surface area (Å²) in [6.45, 7) is 1.63. The summed E-state index contributed by atoms with van der Waals surface area (Å²) in [6.07, 6.45) is -3.35. The molecule has 8 heteroatoms. The Balaban J connectivity index is 3.09. The number of rotatable bonds is 3. The van der Waals surface area contributed by atoms with Gasteiger partial charge in [0.05, 0.1) is 10.6 Å². The molecule has 0 radical (unpaired) electrons. The van der Waals surface area contributed by atoms with Crippen LogP contribution >= 0.6 is 23.2 Å². The molecule has 1 amide bonds. The minimum absolute atomic E-state index is 0.0107. The predicted molar refractivity (Wildman–Crippen MR) is 66.5 cm³/mol. The number of carbonyl (C=O) groups is 1. The first-order valence-electron chi connectivity index (χ1n) is 5.30. The Labute approximate surface area is 118 Å². The highest BCUT2D eigenvalue weighted by atomic mass is 35.5. The maximum Gasteiger partial charge on any atom is 0.406 e. The molecule has 0 unspecified atom stereocenters. The maximum absolute atomic E-state index is 12.5. The first kappa shape index (κ1) is 16.0. The second-order valence-electron chi connectivity index (χ2n) is 4.13. The van der Waals surface area contributed by atoms with E-state index in [1.165, 1.54) is 13.8 Å². The van der Waals surface area contributed by atoms with Gasteiger partial charge in [0.25, 0.3) is 5.91 Å². The molecule has 0 aliphatic rings. The van der Waals surface area contributed by atoms with E-state index in [2.05, 4.69) is 4.98 Å². The Bertz CT molecular complexity index is 477. The van der Waals surface area contributed by atoms with Gasteiger partial charge < -0.3 is 4.90 Å². The lowest BCUT2D eigenvalue weighted by atomic mass is 10.2. The van der Waals surface area contributed by atoms with Crippen LogP contribution in [0.1, 0.15) is 24.2 Å². The highest BCUT2D eigenvalue weighted by molar-refractivity contribution is 6.35. The van der Waals surface area contributed by atoms with Crippen molar-refractivity contribution in [2.75, 3.05) is 6.54 Å². The van der Waals surface area contributed by atoms with E-state index in [1.54, 1.807) is 0 Å². The molecule has 1 rings (SSSR count). The third kappa shape index (κ3) is 4.54. The molecule has 106 valence electrons. The molecule has 0 bridgehead atoms. The van der Waals surface area contributed by atoms with Crippen LogP contribution in [0.3, 0.4) is 0 Å². The molecule has 0 spiro atoms. The molecule has 19 heavy (non-hydrogen) atoms. The molecular weight excluding hydrogens is 304 g/mol. The van der Waals surface area contributed by atoms with E-state index in [0.29, 0.717) is 4.90 Å². The standard InChI is InChI=1S/C11H11Cl2F3N2O/c1-6(2)18(5-11(14,15)16)10(19)7-3-9(13)17-4-8(7)12/h3-4,6H,5H2,1-2H3. The van der Waals surface area contributed by atoms with Crippen LogP contribution in [0.15, 0.2) is 12.3 Å². The monoisotopic (exact) mass is 314 g/mol. The maximum atomic E-state index is 12.5. The first-order chi connectivity index (χ1) is 8.61. The molecule has 1 aromatic heterocycles. The second kappa shape index (κ2) is 5.96. The van der Waals surface area contributed by atoms with Crippen molar-refractivity contribution >= 4 is 29.1 Å². The van der Waals surface area contributed by atoms with Gasteiger partial charge in [0, 0.05) is 12.2 Å². The zero-order chi connectivity index (χ0) is 14.8. The molecule has 0 aliphatic heterocycles. The summed E-state index contributed by atoms with van der Waals surface area (Å²) in [5.74, 6) is -0.832. The van der Waals surface area contributed by atoms with Crippen LogP contribution in [-0.2, 0) is 0 Å². The minimum Gasteiger partial charge on any atom is -0.327 e. The molecule has 1 heterocycles. The fraction of sp³-hybridized carbons (Fsp3) is 0.455. The van der Waals surface area contributed by atoms with E-state index in [9.17, 15) is 18.0 Å². The average Bonchev–Trinajstić information content (AvgIpc) is 2.27. The van der Waals surface area contributed by atoms with Crippen LogP contribution in [0, 0.1) is 0 Å². The van der Waals surface area contributed by atoms with Gasteiger partial charge in [-0.25, -0.2) is 4.98 Å². The molecule has 0 fully saturated rings. The van der Waals surface area contributed by atoms with Gasteiger partial charge in [0.1, 0.15) is 11.7 Å². The summed E-state index contributed by atoms with van der Waals surface area (Å²) in [6, 6.07) is 0.523. The Morgan fingerprint density at radius 2 is 2.00 bits per heavy atom. The normalized spacial score (nSPS) is 11.8. The van der Waals surface area contributed by atoms with Crippen molar-refractivity contribution in [1.29, 1.82) is 0 Å². The smallest absolute Gasteiger partial charge is 0.327 e. The number of carbonyl (C=O) groups excluding carboxylic acids is 1. The summed E-state index contributed by atoms with van der Waals surface area (Å²) in [4.78, 5) is 16.4. The Morgan fingerprint density at radius 3 is 2.47 bits per heavy atom. The number of nitrogens with zero attached hydrogens (tertiary/aromatic N) is 2. The van der Waals surface area contributed by atoms with Crippen LogP contribution in [-0.4, -0.2) is 34.6 Å². The van der Waals surface area contributed by atoms with Crippen molar-refractivity contribution in [2.24, 2.45) is 0 Å². The molecule has 0 aromatic carbocycles. The van der Waals surface area contributed by atoms with Crippen LogP contribution in [0.2, 0.25) is 10.2 Å². The Hall–Kier alpha value is -1.01. The lowest BCUT2D eigenvalue weighted by Crippen LogP contribution is -2.43. The number of hydrogen-bond donors (Lipinski definition) is 0. The minimum atomic E-state index is -4.48. The van der Waals surface area contributed by atoms with Gasteiger partial charge in [0.2, 0.25) is 0 Å². The van der Waals surface area contributed by atoms with Crippen molar-refractivity contribution in [1.82, 2.24) is 9.88 Å². The number of halogens is 5. The zero-order valence-electron chi connectivity index (χ0n) is 10.1. The SMILES string of the molecule is CC(C)N(CC(F)(F)F)C(=O)c1cc(Cl)ncc1Cl. The van der Waals surface area contributed by atoms with Gasteiger partial charge in [-0.05, 0) is 19.9 Å². The van der Waals surface area contributed by atoms with Crippen LogP contribution in [0.25, 0.3) is 0 Å². The van der Waals surface area contributed by atoms with E-state index in [1.807, 2.05) is 0 Å². The largest absolute Gasteiger partial charge is 0.406 e. The fourth-order valence-electron chi connectivity index (χ4n) is 1.41.